The van der Waals surface area contributed by atoms with E-state index in [-0.39, 0.29) is 6.61 Å². The topological polar surface area (TPSA) is 60.8 Å². The Hall–Kier alpha value is -0.610. The van der Waals surface area contributed by atoms with Crippen molar-refractivity contribution in [3.05, 3.63) is 0 Å². The van der Waals surface area contributed by atoms with Crippen LogP contribution in [0, 0.1) is 5.41 Å². The summed E-state index contributed by atoms with van der Waals surface area (Å²) in [4.78, 5) is 13.8. The number of unbranched alkanes of at least 4 members (excludes halogenated alkanes) is 2. The molecule has 0 radical (unpaired) electrons. The molecule has 1 rings (SSSR count). The third-order valence-electron chi connectivity index (χ3n) is 3.97. The molecule has 4 nitrogen and oxygen atoms in total. The van der Waals surface area contributed by atoms with Crippen LogP contribution in [0.15, 0.2) is 0 Å². The lowest BCUT2D eigenvalue weighted by molar-refractivity contribution is -0.153. The van der Waals surface area contributed by atoms with Crippen molar-refractivity contribution >= 4 is 5.97 Å². The van der Waals surface area contributed by atoms with Crippen LogP contribution in [0.3, 0.4) is 0 Å². The molecule has 106 valence electrons. The van der Waals surface area contributed by atoms with E-state index in [4.69, 9.17) is 5.11 Å². The molecule has 1 heterocycles. The molecule has 2 N–H and O–H groups in total. The van der Waals surface area contributed by atoms with Gasteiger partial charge in [-0.05, 0) is 51.6 Å². The van der Waals surface area contributed by atoms with E-state index in [1.165, 1.54) is 0 Å². The normalized spacial score (nSPS) is 25.2. The lowest BCUT2D eigenvalue weighted by Gasteiger charge is -2.40. The van der Waals surface area contributed by atoms with Crippen molar-refractivity contribution in [2.75, 3.05) is 26.2 Å². The van der Waals surface area contributed by atoms with E-state index in [9.17, 15) is 9.90 Å². The number of piperidine rings is 1. The molecule has 0 aromatic carbocycles. The highest BCUT2D eigenvalue weighted by molar-refractivity contribution is 5.75. The SMILES string of the molecule is CCCC1(C(=O)O)CCCN(CCCCCO)C1. The van der Waals surface area contributed by atoms with E-state index in [1.54, 1.807) is 0 Å². The van der Waals surface area contributed by atoms with Gasteiger partial charge in [-0.2, -0.15) is 0 Å². The Morgan fingerprint density at radius 2 is 2.11 bits per heavy atom. The van der Waals surface area contributed by atoms with Crippen molar-refractivity contribution in [2.24, 2.45) is 5.41 Å². The average molecular weight is 257 g/mol. The predicted octanol–water partition coefficient (Wildman–Crippen LogP) is 2.12. The van der Waals surface area contributed by atoms with Crippen molar-refractivity contribution in [3.8, 4) is 0 Å². The van der Waals surface area contributed by atoms with Crippen LogP contribution in [0.2, 0.25) is 0 Å². The molecule has 1 aliphatic rings. The molecule has 0 aromatic rings. The van der Waals surface area contributed by atoms with Crippen LogP contribution >= 0.6 is 0 Å². The molecular formula is C14H27NO3. The Kier molecular flexibility index (Phi) is 6.65. The van der Waals surface area contributed by atoms with Crippen LogP contribution in [0.4, 0.5) is 0 Å². The van der Waals surface area contributed by atoms with Gasteiger partial charge in [-0.3, -0.25) is 4.79 Å². The molecule has 0 saturated carbocycles. The first-order chi connectivity index (χ1) is 8.64. The zero-order chi connectivity index (χ0) is 13.4. The van der Waals surface area contributed by atoms with Gasteiger partial charge in [0.2, 0.25) is 0 Å². The number of carboxylic acid groups (broad SMARTS) is 1. The highest BCUT2D eigenvalue weighted by Crippen LogP contribution is 2.35. The maximum absolute atomic E-state index is 11.5. The summed E-state index contributed by atoms with van der Waals surface area (Å²) in [5.41, 5.74) is -0.510. The fraction of sp³-hybridized carbons (Fsp3) is 0.929. The maximum atomic E-state index is 11.5. The zero-order valence-corrected chi connectivity index (χ0v) is 11.5. The van der Waals surface area contributed by atoms with E-state index in [0.29, 0.717) is 6.54 Å². The highest BCUT2D eigenvalue weighted by Gasteiger charge is 2.41. The molecule has 18 heavy (non-hydrogen) atoms. The van der Waals surface area contributed by atoms with Gasteiger partial charge in [0.1, 0.15) is 0 Å². The van der Waals surface area contributed by atoms with Gasteiger partial charge in [0.15, 0.2) is 0 Å². The van der Waals surface area contributed by atoms with Crippen LogP contribution in [0.1, 0.15) is 51.9 Å². The average Bonchev–Trinajstić information content (AvgIpc) is 2.35. The van der Waals surface area contributed by atoms with E-state index < -0.39 is 11.4 Å². The fourth-order valence-corrected chi connectivity index (χ4v) is 3.01. The number of carbonyl (C=O) groups is 1. The molecule has 1 unspecified atom stereocenters. The van der Waals surface area contributed by atoms with Gasteiger partial charge >= 0.3 is 5.97 Å². The Morgan fingerprint density at radius 1 is 1.33 bits per heavy atom. The monoisotopic (exact) mass is 257 g/mol. The minimum atomic E-state index is -0.621. The number of hydrogen-bond acceptors (Lipinski definition) is 3. The third-order valence-corrected chi connectivity index (χ3v) is 3.97. The highest BCUT2D eigenvalue weighted by atomic mass is 16.4. The second-order valence-electron chi connectivity index (χ2n) is 5.50. The van der Waals surface area contributed by atoms with Crippen LogP contribution < -0.4 is 0 Å². The van der Waals surface area contributed by atoms with Gasteiger partial charge in [0, 0.05) is 13.2 Å². The molecular weight excluding hydrogens is 230 g/mol. The Balaban J connectivity index is 2.45. The Bertz CT molecular complexity index is 253. The molecule has 1 aliphatic heterocycles. The van der Waals surface area contributed by atoms with Gasteiger partial charge in [0.25, 0.3) is 0 Å². The summed E-state index contributed by atoms with van der Waals surface area (Å²) >= 11 is 0. The van der Waals surface area contributed by atoms with Crippen molar-refractivity contribution in [1.29, 1.82) is 0 Å². The molecule has 1 saturated heterocycles. The zero-order valence-electron chi connectivity index (χ0n) is 11.5. The number of aliphatic hydroxyl groups is 1. The van der Waals surface area contributed by atoms with Gasteiger partial charge in [0.05, 0.1) is 5.41 Å². The van der Waals surface area contributed by atoms with Crippen molar-refractivity contribution in [1.82, 2.24) is 4.90 Å². The number of carboxylic acids is 1. The number of hydrogen-bond donors (Lipinski definition) is 2. The third kappa shape index (κ3) is 4.25. The van der Waals surface area contributed by atoms with Crippen molar-refractivity contribution < 1.29 is 15.0 Å². The molecule has 0 aromatic heterocycles. The lowest BCUT2D eigenvalue weighted by Crippen LogP contribution is -2.48. The molecule has 0 aliphatic carbocycles. The number of rotatable bonds is 8. The second kappa shape index (κ2) is 7.74. The maximum Gasteiger partial charge on any atom is 0.310 e. The Labute approximate surface area is 110 Å². The van der Waals surface area contributed by atoms with Crippen LogP contribution in [0.5, 0.6) is 0 Å². The summed E-state index contributed by atoms with van der Waals surface area (Å²) < 4.78 is 0. The number of aliphatic carboxylic acids is 1. The quantitative estimate of drug-likeness (QED) is 0.654. The predicted molar refractivity (Wildman–Crippen MR) is 71.6 cm³/mol. The largest absolute Gasteiger partial charge is 0.481 e. The standard InChI is InChI=1S/C14H27NO3/c1-2-7-14(13(17)18)8-6-10-15(12-14)9-4-3-5-11-16/h16H,2-12H2,1H3,(H,17,18). The summed E-state index contributed by atoms with van der Waals surface area (Å²) in [7, 11) is 0. The fourth-order valence-electron chi connectivity index (χ4n) is 3.01. The van der Waals surface area contributed by atoms with Gasteiger partial charge in [-0.15, -0.1) is 0 Å². The lowest BCUT2D eigenvalue weighted by atomic mass is 9.76. The summed E-state index contributed by atoms with van der Waals surface area (Å²) in [6.45, 7) is 5.02. The molecule has 0 bridgehead atoms. The van der Waals surface area contributed by atoms with Gasteiger partial charge in [-0.25, -0.2) is 0 Å². The Morgan fingerprint density at radius 3 is 2.72 bits per heavy atom. The van der Waals surface area contributed by atoms with Crippen LogP contribution in [0.25, 0.3) is 0 Å². The van der Waals surface area contributed by atoms with E-state index >= 15 is 0 Å². The van der Waals surface area contributed by atoms with Crippen LogP contribution in [-0.2, 0) is 4.79 Å². The van der Waals surface area contributed by atoms with E-state index in [0.717, 1.165) is 58.0 Å². The molecule has 0 spiro atoms. The molecule has 0 amide bonds. The first-order valence-electron chi connectivity index (χ1n) is 7.21. The number of aliphatic hydroxyl groups excluding tert-OH is 1. The summed E-state index contributed by atoms with van der Waals surface area (Å²) in [5.74, 6) is -0.621. The molecule has 4 heteroatoms. The van der Waals surface area contributed by atoms with Crippen LogP contribution in [-0.4, -0.2) is 47.3 Å². The van der Waals surface area contributed by atoms with Crippen molar-refractivity contribution in [2.45, 2.75) is 51.9 Å². The van der Waals surface area contributed by atoms with Gasteiger partial charge < -0.3 is 15.1 Å². The minimum Gasteiger partial charge on any atom is -0.481 e. The van der Waals surface area contributed by atoms with Gasteiger partial charge in [-0.1, -0.05) is 13.3 Å². The number of likely N-dealkylation sites (tertiary alicyclic amines) is 1. The summed E-state index contributed by atoms with van der Waals surface area (Å²) in [5, 5.41) is 18.2. The first-order valence-corrected chi connectivity index (χ1v) is 7.21. The van der Waals surface area contributed by atoms with E-state index in [2.05, 4.69) is 11.8 Å². The number of nitrogens with zero attached hydrogens (tertiary/aromatic N) is 1. The first kappa shape index (κ1) is 15.4. The summed E-state index contributed by atoms with van der Waals surface area (Å²) in [6.07, 6.45) is 6.48. The summed E-state index contributed by atoms with van der Waals surface area (Å²) in [6, 6.07) is 0. The molecule has 1 fully saturated rings. The van der Waals surface area contributed by atoms with E-state index in [1.807, 2.05) is 0 Å². The second-order valence-corrected chi connectivity index (χ2v) is 5.50. The van der Waals surface area contributed by atoms with Crippen molar-refractivity contribution in [3.63, 3.8) is 0 Å². The minimum absolute atomic E-state index is 0.259. The molecule has 1 atom stereocenters. The smallest absolute Gasteiger partial charge is 0.310 e.